The quantitative estimate of drug-likeness (QED) is 0.667. The highest BCUT2D eigenvalue weighted by atomic mass is 16.3. The Labute approximate surface area is 152 Å². The van der Waals surface area contributed by atoms with E-state index >= 15 is 0 Å². The molecule has 2 rings (SSSR count). The van der Waals surface area contributed by atoms with Crippen LogP contribution in [0, 0.1) is 11.8 Å². The van der Waals surface area contributed by atoms with E-state index in [1.165, 1.54) is 15.8 Å². The Kier molecular flexibility index (Phi) is 6.97. The predicted octanol–water partition coefficient (Wildman–Crippen LogP) is 1.41. The third-order valence-electron chi connectivity index (χ3n) is 3.83. The summed E-state index contributed by atoms with van der Waals surface area (Å²) in [7, 11) is 0. The molecule has 0 spiro atoms. The molecule has 0 saturated carbocycles. The van der Waals surface area contributed by atoms with E-state index < -0.39 is 0 Å². The summed E-state index contributed by atoms with van der Waals surface area (Å²) in [6, 6.07) is 3.55. The maximum atomic E-state index is 12.7. The molecule has 0 atom stereocenters. The summed E-state index contributed by atoms with van der Waals surface area (Å²) in [4.78, 5) is 28.1. The number of hydrogen-bond donors (Lipinski definition) is 0. The minimum absolute atomic E-state index is 0.0505. The van der Waals surface area contributed by atoms with Crippen molar-refractivity contribution in [2.24, 2.45) is 0 Å². The first-order valence-electron chi connectivity index (χ1n) is 8.48. The van der Waals surface area contributed by atoms with Crippen LogP contribution in [0.4, 0.5) is 0 Å². The zero-order chi connectivity index (χ0) is 18.9. The minimum Gasteiger partial charge on any atom is -0.467 e. The summed E-state index contributed by atoms with van der Waals surface area (Å²) >= 11 is 0. The normalized spacial score (nSPS) is 10.1. The molecule has 2 amide bonds. The molecule has 0 unspecified atom stereocenters. The van der Waals surface area contributed by atoms with Gasteiger partial charge in [-0.15, -0.1) is 11.0 Å². The molecule has 0 fully saturated rings. The van der Waals surface area contributed by atoms with Crippen molar-refractivity contribution in [3.8, 4) is 11.8 Å². The van der Waals surface area contributed by atoms with Crippen LogP contribution in [0.2, 0.25) is 0 Å². The number of hydrogen-bond acceptors (Lipinski definition) is 5. The third kappa shape index (κ3) is 4.96. The molecule has 26 heavy (non-hydrogen) atoms. The minimum atomic E-state index is -0.314. The molecule has 0 aromatic carbocycles. The lowest BCUT2D eigenvalue weighted by Crippen LogP contribution is -2.33. The number of likely N-dealkylation sites (N-methyl/N-ethyl adjacent to an activating group) is 1. The summed E-state index contributed by atoms with van der Waals surface area (Å²) < 4.78 is 6.68. The molecule has 0 aliphatic carbocycles. The molecule has 0 aliphatic heterocycles. The van der Waals surface area contributed by atoms with E-state index in [-0.39, 0.29) is 37.1 Å². The van der Waals surface area contributed by atoms with Gasteiger partial charge < -0.3 is 14.2 Å². The Morgan fingerprint density at radius 1 is 1.27 bits per heavy atom. The van der Waals surface area contributed by atoms with Gasteiger partial charge in [-0.25, -0.2) is 4.68 Å². The van der Waals surface area contributed by atoms with Gasteiger partial charge in [-0.1, -0.05) is 11.1 Å². The average Bonchev–Trinajstić information content (AvgIpc) is 3.31. The van der Waals surface area contributed by atoms with Gasteiger partial charge in [0.05, 0.1) is 25.5 Å². The van der Waals surface area contributed by atoms with Crippen LogP contribution >= 0.6 is 0 Å². The number of amides is 2. The fourth-order valence-corrected chi connectivity index (χ4v) is 2.42. The first kappa shape index (κ1) is 19.2. The van der Waals surface area contributed by atoms with Crippen molar-refractivity contribution in [3.63, 3.8) is 0 Å². The summed E-state index contributed by atoms with van der Waals surface area (Å²) in [6.45, 7) is 7.38. The number of carbonyl (C=O) groups is 2. The Hall–Kier alpha value is -3.08. The summed E-state index contributed by atoms with van der Waals surface area (Å²) in [5.74, 6) is 5.93. The van der Waals surface area contributed by atoms with Gasteiger partial charge in [0.2, 0.25) is 5.91 Å². The van der Waals surface area contributed by atoms with Crippen molar-refractivity contribution >= 4 is 11.8 Å². The van der Waals surface area contributed by atoms with E-state index in [0.717, 1.165) is 0 Å². The standard InChI is InChI=1S/C18H23N5O3/c1-4-7-10-22(12-15-9-8-11-26-15)18(25)16-13-23(20-19-16)14-17(24)21(5-2)6-3/h8-9,11,13H,5-6,10,12,14H2,1-3H3. The van der Waals surface area contributed by atoms with E-state index in [2.05, 4.69) is 22.2 Å². The Morgan fingerprint density at radius 2 is 2.04 bits per heavy atom. The van der Waals surface area contributed by atoms with Crippen LogP contribution in [0.15, 0.2) is 29.0 Å². The van der Waals surface area contributed by atoms with E-state index in [1.807, 2.05) is 13.8 Å². The maximum Gasteiger partial charge on any atom is 0.277 e. The van der Waals surface area contributed by atoms with Crippen molar-refractivity contribution < 1.29 is 14.0 Å². The van der Waals surface area contributed by atoms with Crippen LogP contribution < -0.4 is 0 Å². The predicted molar refractivity (Wildman–Crippen MR) is 94.8 cm³/mol. The lowest BCUT2D eigenvalue weighted by atomic mass is 10.3. The molecule has 2 heterocycles. The monoisotopic (exact) mass is 357 g/mol. The summed E-state index contributed by atoms with van der Waals surface area (Å²) in [5.41, 5.74) is 0.168. The van der Waals surface area contributed by atoms with Crippen molar-refractivity contribution in [3.05, 3.63) is 36.0 Å². The Morgan fingerprint density at radius 3 is 2.65 bits per heavy atom. The van der Waals surface area contributed by atoms with Crippen LogP contribution in [-0.4, -0.2) is 56.2 Å². The highest BCUT2D eigenvalue weighted by Gasteiger charge is 2.21. The van der Waals surface area contributed by atoms with Gasteiger partial charge in [-0.3, -0.25) is 9.59 Å². The zero-order valence-electron chi connectivity index (χ0n) is 15.3. The molecule has 138 valence electrons. The van der Waals surface area contributed by atoms with Crippen LogP contribution in [0.3, 0.4) is 0 Å². The lowest BCUT2D eigenvalue weighted by molar-refractivity contribution is -0.131. The number of furan rings is 1. The van der Waals surface area contributed by atoms with E-state index in [4.69, 9.17) is 4.42 Å². The summed E-state index contributed by atoms with van der Waals surface area (Å²) in [6.07, 6.45) is 3.04. The first-order valence-corrected chi connectivity index (χ1v) is 8.48. The summed E-state index contributed by atoms with van der Waals surface area (Å²) in [5, 5.41) is 7.81. The molecule has 0 bridgehead atoms. The fourth-order valence-electron chi connectivity index (χ4n) is 2.42. The van der Waals surface area contributed by atoms with Crippen molar-refractivity contribution in [2.45, 2.75) is 33.9 Å². The van der Waals surface area contributed by atoms with Gasteiger partial charge in [0.15, 0.2) is 5.69 Å². The highest BCUT2D eigenvalue weighted by molar-refractivity contribution is 5.92. The van der Waals surface area contributed by atoms with E-state index in [9.17, 15) is 9.59 Å². The lowest BCUT2D eigenvalue weighted by Gasteiger charge is -2.18. The molecule has 0 saturated heterocycles. The molecular formula is C18H23N5O3. The second-order valence-electron chi connectivity index (χ2n) is 5.53. The Bertz CT molecular complexity index is 781. The fraction of sp³-hybridized carbons (Fsp3) is 0.444. The van der Waals surface area contributed by atoms with E-state index in [0.29, 0.717) is 18.8 Å². The second-order valence-corrected chi connectivity index (χ2v) is 5.53. The number of nitrogens with zero attached hydrogens (tertiary/aromatic N) is 5. The molecule has 8 nitrogen and oxygen atoms in total. The van der Waals surface area contributed by atoms with E-state index in [1.54, 1.807) is 30.2 Å². The van der Waals surface area contributed by atoms with Crippen LogP contribution in [-0.2, 0) is 17.9 Å². The van der Waals surface area contributed by atoms with Crippen LogP contribution in [0.25, 0.3) is 0 Å². The SMILES string of the molecule is CC#CCN(Cc1ccco1)C(=O)c1cn(CC(=O)N(CC)CC)nn1. The maximum absolute atomic E-state index is 12.7. The molecule has 8 heteroatoms. The van der Waals surface area contributed by atoms with Crippen LogP contribution in [0.5, 0.6) is 0 Å². The molecule has 0 radical (unpaired) electrons. The molecule has 0 aliphatic rings. The largest absolute Gasteiger partial charge is 0.467 e. The van der Waals surface area contributed by atoms with Gasteiger partial charge >= 0.3 is 0 Å². The first-order chi connectivity index (χ1) is 12.6. The van der Waals surface area contributed by atoms with Gasteiger partial charge in [0, 0.05) is 13.1 Å². The van der Waals surface area contributed by atoms with Crippen molar-refractivity contribution in [2.75, 3.05) is 19.6 Å². The number of rotatable bonds is 8. The van der Waals surface area contributed by atoms with Gasteiger partial charge in [-0.05, 0) is 32.9 Å². The molecular weight excluding hydrogens is 334 g/mol. The second kappa shape index (κ2) is 9.42. The van der Waals surface area contributed by atoms with Gasteiger partial charge in [-0.2, -0.15) is 0 Å². The zero-order valence-corrected chi connectivity index (χ0v) is 15.3. The number of carbonyl (C=O) groups excluding carboxylic acids is 2. The van der Waals surface area contributed by atoms with Crippen LogP contribution in [0.1, 0.15) is 37.0 Å². The molecule has 2 aromatic rings. The van der Waals surface area contributed by atoms with Gasteiger partial charge in [0.25, 0.3) is 5.91 Å². The smallest absolute Gasteiger partial charge is 0.277 e. The highest BCUT2D eigenvalue weighted by Crippen LogP contribution is 2.09. The molecule has 0 N–H and O–H groups in total. The topological polar surface area (TPSA) is 84.5 Å². The van der Waals surface area contributed by atoms with Crippen molar-refractivity contribution in [1.29, 1.82) is 0 Å². The van der Waals surface area contributed by atoms with Crippen molar-refractivity contribution in [1.82, 2.24) is 24.8 Å². The third-order valence-corrected chi connectivity index (χ3v) is 3.83. The molecule has 2 aromatic heterocycles. The number of aromatic nitrogens is 3. The van der Waals surface area contributed by atoms with Gasteiger partial charge in [0.1, 0.15) is 12.3 Å². The Balaban J connectivity index is 2.09. The average molecular weight is 357 g/mol.